The standard InChI is InChI=1S/C12H23N3O4S/c1-3-4-9-20(18,19)13-10-12(17)15-7-5-14(6-8-15)11(2)16/h13H,3-10H2,1-2H3. The van der Waals surface area contributed by atoms with Gasteiger partial charge >= 0.3 is 0 Å². The van der Waals surface area contributed by atoms with E-state index in [0.29, 0.717) is 32.6 Å². The summed E-state index contributed by atoms with van der Waals surface area (Å²) in [5.74, 6) is -0.194. The molecule has 116 valence electrons. The van der Waals surface area contributed by atoms with Gasteiger partial charge in [-0.3, -0.25) is 9.59 Å². The van der Waals surface area contributed by atoms with Crippen molar-refractivity contribution in [2.45, 2.75) is 26.7 Å². The fourth-order valence-electron chi connectivity index (χ4n) is 1.96. The monoisotopic (exact) mass is 305 g/mol. The second-order valence-corrected chi connectivity index (χ2v) is 6.81. The van der Waals surface area contributed by atoms with Crippen molar-refractivity contribution in [2.75, 3.05) is 38.5 Å². The molecule has 0 aromatic rings. The summed E-state index contributed by atoms with van der Waals surface area (Å²) >= 11 is 0. The molecule has 8 heteroatoms. The minimum atomic E-state index is -3.36. The summed E-state index contributed by atoms with van der Waals surface area (Å²) in [5, 5.41) is 0. The number of hydrogen-bond acceptors (Lipinski definition) is 4. The van der Waals surface area contributed by atoms with Crippen LogP contribution in [-0.4, -0.2) is 68.5 Å². The fourth-order valence-corrected chi connectivity index (χ4v) is 3.12. The van der Waals surface area contributed by atoms with Crippen LogP contribution in [0.15, 0.2) is 0 Å². The zero-order valence-corrected chi connectivity index (χ0v) is 12.9. The minimum absolute atomic E-state index is 0.00244. The third-order valence-corrected chi connectivity index (χ3v) is 4.70. The van der Waals surface area contributed by atoms with E-state index in [4.69, 9.17) is 0 Å². The molecule has 0 aliphatic carbocycles. The summed E-state index contributed by atoms with van der Waals surface area (Å²) in [6.07, 6.45) is 1.38. The van der Waals surface area contributed by atoms with E-state index in [1.807, 2.05) is 6.92 Å². The highest BCUT2D eigenvalue weighted by atomic mass is 32.2. The van der Waals surface area contributed by atoms with Gasteiger partial charge in [-0.2, -0.15) is 0 Å². The highest BCUT2D eigenvalue weighted by Gasteiger charge is 2.23. The summed E-state index contributed by atoms with van der Waals surface area (Å²) in [7, 11) is -3.36. The van der Waals surface area contributed by atoms with Crippen molar-refractivity contribution in [1.82, 2.24) is 14.5 Å². The average molecular weight is 305 g/mol. The molecular weight excluding hydrogens is 282 g/mol. The number of carbonyl (C=O) groups excluding carboxylic acids is 2. The Morgan fingerprint density at radius 2 is 1.65 bits per heavy atom. The Kier molecular flexibility index (Phi) is 6.41. The normalized spacial score (nSPS) is 16.3. The highest BCUT2D eigenvalue weighted by Crippen LogP contribution is 2.02. The molecule has 0 saturated carbocycles. The smallest absolute Gasteiger partial charge is 0.237 e. The molecule has 1 saturated heterocycles. The zero-order valence-electron chi connectivity index (χ0n) is 12.1. The summed E-state index contributed by atoms with van der Waals surface area (Å²) in [6.45, 7) is 5.12. The number of amides is 2. The number of unbranched alkanes of at least 4 members (excludes halogenated alkanes) is 1. The number of piperazine rings is 1. The second-order valence-electron chi connectivity index (χ2n) is 4.88. The minimum Gasteiger partial charge on any atom is -0.339 e. The third kappa shape index (κ3) is 5.46. The second kappa shape index (κ2) is 7.58. The van der Waals surface area contributed by atoms with E-state index >= 15 is 0 Å². The fraction of sp³-hybridized carbons (Fsp3) is 0.833. The number of hydrogen-bond donors (Lipinski definition) is 1. The first kappa shape index (κ1) is 16.9. The zero-order chi connectivity index (χ0) is 15.2. The molecule has 0 bridgehead atoms. The predicted octanol–water partition coefficient (Wildman–Crippen LogP) is -0.603. The van der Waals surface area contributed by atoms with Crippen LogP contribution in [-0.2, 0) is 19.6 Å². The molecule has 1 heterocycles. The summed E-state index contributed by atoms with van der Waals surface area (Å²) in [5.41, 5.74) is 0. The quantitative estimate of drug-likeness (QED) is 0.710. The lowest BCUT2D eigenvalue weighted by Crippen LogP contribution is -2.52. The van der Waals surface area contributed by atoms with Gasteiger partial charge in [0.05, 0.1) is 12.3 Å². The van der Waals surface area contributed by atoms with Gasteiger partial charge in [0.2, 0.25) is 21.8 Å². The van der Waals surface area contributed by atoms with Crippen LogP contribution in [0.4, 0.5) is 0 Å². The van der Waals surface area contributed by atoms with E-state index in [1.165, 1.54) is 6.92 Å². The van der Waals surface area contributed by atoms with Crippen molar-refractivity contribution in [1.29, 1.82) is 0 Å². The molecule has 0 aromatic heterocycles. The molecule has 1 fully saturated rings. The Bertz CT molecular complexity index is 442. The number of nitrogens with zero attached hydrogens (tertiary/aromatic N) is 2. The Morgan fingerprint density at radius 1 is 1.10 bits per heavy atom. The van der Waals surface area contributed by atoms with Gasteiger partial charge in [0.25, 0.3) is 0 Å². The van der Waals surface area contributed by atoms with Crippen LogP contribution in [0.3, 0.4) is 0 Å². The van der Waals surface area contributed by atoms with Crippen LogP contribution in [0.5, 0.6) is 0 Å². The van der Waals surface area contributed by atoms with Crippen molar-refractivity contribution >= 4 is 21.8 Å². The Morgan fingerprint density at radius 3 is 2.15 bits per heavy atom. The van der Waals surface area contributed by atoms with E-state index in [1.54, 1.807) is 9.80 Å². The van der Waals surface area contributed by atoms with Crippen LogP contribution >= 0.6 is 0 Å². The van der Waals surface area contributed by atoms with Gasteiger partial charge in [0.15, 0.2) is 0 Å². The number of nitrogens with one attached hydrogen (secondary N) is 1. The SMILES string of the molecule is CCCCS(=O)(=O)NCC(=O)N1CCN(C(C)=O)CC1. The first-order chi connectivity index (χ1) is 9.35. The lowest BCUT2D eigenvalue weighted by Gasteiger charge is -2.34. The first-order valence-electron chi connectivity index (χ1n) is 6.86. The van der Waals surface area contributed by atoms with E-state index in [2.05, 4.69) is 4.72 Å². The van der Waals surface area contributed by atoms with E-state index in [0.717, 1.165) is 6.42 Å². The van der Waals surface area contributed by atoms with Crippen molar-refractivity contribution in [3.05, 3.63) is 0 Å². The molecule has 1 N–H and O–H groups in total. The maximum atomic E-state index is 11.9. The van der Waals surface area contributed by atoms with Gasteiger partial charge in [-0.25, -0.2) is 13.1 Å². The molecule has 1 aliphatic heterocycles. The number of rotatable bonds is 6. The third-order valence-electron chi connectivity index (χ3n) is 3.29. The molecule has 1 rings (SSSR count). The maximum absolute atomic E-state index is 11.9. The lowest BCUT2D eigenvalue weighted by molar-refractivity contribution is -0.137. The highest BCUT2D eigenvalue weighted by molar-refractivity contribution is 7.89. The number of carbonyl (C=O) groups is 2. The molecule has 2 amide bonds. The van der Waals surface area contributed by atoms with Crippen molar-refractivity contribution in [3.8, 4) is 0 Å². The van der Waals surface area contributed by atoms with Crippen LogP contribution in [0.25, 0.3) is 0 Å². The van der Waals surface area contributed by atoms with Crippen molar-refractivity contribution in [2.24, 2.45) is 0 Å². The largest absolute Gasteiger partial charge is 0.339 e. The summed E-state index contributed by atoms with van der Waals surface area (Å²) in [6, 6.07) is 0. The van der Waals surface area contributed by atoms with Crippen LogP contribution in [0.1, 0.15) is 26.7 Å². The van der Waals surface area contributed by atoms with Crippen molar-refractivity contribution < 1.29 is 18.0 Å². The molecule has 0 atom stereocenters. The van der Waals surface area contributed by atoms with Crippen molar-refractivity contribution in [3.63, 3.8) is 0 Å². The summed E-state index contributed by atoms with van der Waals surface area (Å²) in [4.78, 5) is 26.3. The lowest BCUT2D eigenvalue weighted by atomic mass is 10.3. The molecule has 20 heavy (non-hydrogen) atoms. The van der Waals surface area contributed by atoms with E-state index in [-0.39, 0.29) is 24.1 Å². The average Bonchev–Trinajstić information content (AvgIpc) is 2.43. The van der Waals surface area contributed by atoms with Gasteiger partial charge in [0.1, 0.15) is 0 Å². The van der Waals surface area contributed by atoms with E-state index < -0.39 is 10.0 Å². The molecule has 1 aliphatic rings. The number of sulfonamides is 1. The molecular formula is C12H23N3O4S. The van der Waals surface area contributed by atoms with Gasteiger partial charge < -0.3 is 9.80 Å². The Hall–Kier alpha value is -1.15. The van der Waals surface area contributed by atoms with Crippen LogP contribution in [0.2, 0.25) is 0 Å². The van der Waals surface area contributed by atoms with Gasteiger partial charge in [-0.1, -0.05) is 13.3 Å². The topological polar surface area (TPSA) is 86.8 Å². The predicted molar refractivity (Wildman–Crippen MR) is 75.5 cm³/mol. The van der Waals surface area contributed by atoms with Crippen LogP contribution < -0.4 is 4.72 Å². The molecule has 7 nitrogen and oxygen atoms in total. The molecule has 0 unspecified atom stereocenters. The maximum Gasteiger partial charge on any atom is 0.237 e. The first-order valence-corrected chi connectivity index (χ1v) is 8.51. The van der Waals surface area contributed by atoms with E-state index in [9.17, 15) is 18.0 Å². The van der Waals surface area contributed by atoms with Gasteiger partial charge in [-0.15, -0.1) is 0 Å². The van der Waals surface area contributed by atoms with Gasteiger partial charge in [0, 0.05) is 33.1 Å². The Balaban J connectivity index is 2.36. The summed E-state index contributed by atoms with van der Waals surface area (Å²) < 4.78 is 25.5. The molecule has 0 aromatic carbocycles. The van der Waals surface area contributed by atoms with Gasteiger partial charge in [-0.05, 0) is 6.42 Å². The van der Waals surface area contributed by atoms with Crippen LogP contribution in [0, 0.1) is 0 Å². The molecule has 0 spiro atoms. The Labute approximate surface area is 120 Å². The molecule has 0 radical (unpaired) electrons.